The SMILES string of the molecule is CC(Br)=C[C@H](O)Cc1nc(CCC[C@@H](C(=O)OCC(Cl)(Cl)Cl)N(C(=O)OC(C)(C)C)C(=O)OC(C)(C)C)cs1. The Morgan fingerprint density at radius 1 is 1.10 bits per heavy atom. The Hall–Kier alpha value is -1.11. The van der Waals surface area contributed by atoms with Gasteiger partial charge in [0.15, 0.2) is 0 Å². The van der Waals surface area contributed by atoms with Crippen LogP contribution in [-0.2, 0) is 31.8 Å². The number of carbonyl (C=O) groups excluding carboxylic acids is 3. The van der Waals surface area contributed by atoms with E-state index in [-0.39, 0.29) is 6.42 Å². The number of esters is 1. The minimum absolute atomic E-state index is 0.00181. The Labute approximate surface area is 257 Å². The molecular weight excluding hydrogens is 659 g/mol. The van der Waals surface area contributed by atoms with Crippen LogP contribution in [0.2, 0.25) is 0 Å². The third kappa shape index (κ3) is 15.5. The van der Waals surface area contributed by atoms with Crippen molar-refractivity contribution in [1.29, 1.82) is 0 Å². The highest BCUT2D eigenvalue weighted by Gasteiger charge is 2.41. The summed E-state index contributed by atoms with van der Waals surface area (Å²) < 4.78 is 14.9. The number of carbonyl (C=O) groups is 3. The van der Waals surface area contributed by atoms with Crippen molar-refractivity contribution in [3.8, 4) is 0 Å². The Balaban J connectivity index is 3.17. The minimum atomic E-state index is -1.90. The molecule has 1 rings (SSSR count). The molecule has 0 aliphatic carbocycles. The van der Waals surface area contributed by atoms with E-state index >= 15 is 0 Å². The average Bonchev–Trinajstić information content (AvgIpc) is 3.14. The third-order valence-corrected chi connectivity index (χ3v) is 5.97. The number of nitrogens with zero attached hydrogens (tertiary/aromatic N) is 2. The van der Waals surface area contributed by atoms with E-state index in [0.29, 0.717) is 24.2 Å². The van der Waals surface area contributed by atoms with E-state index in [0.717, 1.165) is 15.2 Å². The van der Waals surface area contributed by atoms with Crippen molar-refractivity contribution >= 4 is 80.2 Å². The van der Waals surface area contributed by atoms with Crippen LogP contribution in [0.1, 0.15) is 72.0 Å². The summed E-state index contributed by atoms with van der Waals surface area (Å²) in [5, 5.41) is 12.7. The van der Waals surface area contributed by atoms with Gasteiger partial charge in [0.2, 0.25) is 3.79 Å². The number of alkyl halides is 3. The van der Waals surface area contributed by atoms with Gasteiger partial charge in [-0.15, -0.1) is 11.3 Å². The van der Waals surface area contributed by atoms with Crippen LogP contribution in [0.5, 0.6) is 0 Å². The van der Waals surface area contributed by atoms with Gasteiger partial charge in [-0.05, 0) is 78.3 Å². The molecule has 0 aliphatic rings. The van der Waals surface area contributed by atoms with E-state index in [4.69, 9.17) is 49.0 Å². The number of aliphatic hydroxyl groups excluding tert-OH is 1. The highest BCUT2D eigenvalue weighted by Crippen LogP contribution is 2.27. The van der Waals surface area contributed by atoms with Gasteiger partial charge in [0, 0.05) is 11.8 Å². The molecule has 1 heterocycles. The van der Waals surface area contributed by atoms with Crippen LogP contribution in [-0.4, -0.2) is 66.9 Å². The van der Waals surface area contributed by atoms with Crippen LogP contribution in [0.3, 0.4) is 0 Å². The summed E-state index contributed by atoms with van der Waals surface area (Å²) in [5.74, 6) is -0.961. The lowest BCUT2D eigenvalue weighted by Crippen LogP contribution is -2.52. The van der Waals surface area contributed by atoms with Gasteiger partial charge in [0.1, 0.15) is 23.9 Å². The standard InChI is InChI=1S/C25H36BrCl3N2O7S/c1-15(26)11-17(32)12-19-30-16(13-39-19)9-8-10-18(20(33)36-14-25(27,28)29)31(21(34)37-23(2,3)4)22(35)38-24(5,6)7/h11,13,17-18,32H,8-10,12,14H2,1-7H3/t17-,18-/m0/s1. The number of rotatable bonds is 10. The van der Waals surface area contributed by atoms with Gasteiger partial charge in [0.05, 0.1) is 16.8 Å². The second kappa shape index (κ2) is 15.2. The fourth-order valence-corrected chi connectivity index (χ4v) is 4.44. The molecule has 0 spiro atoms. The molecule has 0 aromatic carbocycles. The molecule has 0 fully saturated rings. The van der Waals surface area contributed by atoms with E-state index < -0.39 is 51.9 Å². The molecular formula is C25H36BrCl3N2O7S. The summed E-state index contributed by atoms with van der Waals surface area (Å²) >= 11 is 21.9. The molecule has 14 heteroatoms. The van der Waals surface area contributed by atoms with Crippen molar-refractivity contribution in [3.63, 3.8) is 0 Å². The Kier molecular flexibility index (Phi) is 14.0. The van der Waals surface area contributed by atoms with Crippen molar-refractivity contribution in [2.75, 3.05) is 6.61 Å². The smallest absolute Gasteiger partial charge is 0.420 e. The lowest BCUT2D eigenvalue weighted by atomic mass is 10.1. The van der Waals surface area contributed by atoms with Crippen LogP contribution in [0.4, 0.5) is 9.59 Å². The lowest BCUT2D eigenvalue weighted by molar-refractivity contribution is -0.150. The maximum absolute atomic E-state index is 13.1. The predicted octanol–water partition coefficient (Wildman–Crippen LogP) is 7.12. The van der Waals surface area contributed by atoms with Crippen molar-refractivity contribution in [1.82, 2.24) is 9.88 Å². The zero-order valence-electron chi connectivity index (χ0n) is 23.1. The maximum Gasteiger partial charge on any atom is 0.420 e. The summed E-state index contributed by atoms with van der Waals surface area (Å²) in [7, 11) is 0. The van der Waals surface area contributed by atoms with Crippen molar-refractivity contribution < 1.29 is 33.7 Å². The number of allylic oxidation sites excluding steroid dienone is 1. The quantitative estimate of drug-likeness (QED) is 0.156. The number of halogens is 4. The molecule has 1 aromatic heterocycles. The van der Waals surface area contributed by atoms with Crippen LogP contribution < -0.4 is 0 Å². The zero-order chi connectivity index (χ0) is 30.2. The molecule has 0 saturated carbocycles. The molecule has 1 N–H and O–H groups in total. The third-order valence-electron chi connectivity index (χ3n) is 4.46. The maximum atomic E-state index is 13.1. The molecule has 0 radical (unpaired) electrons. The fourth-order valence-electron chi connectivity index (χ4n) is 3.09. The first-order chi connectivity index (χ1) is 17.7. The van der Waals surface area contributed by atoms with Crippen LogP contribution >= 0.6 is 62.1 Å². The highest BCUT2D eigenvalue weighted by molar-refractivity contribution is 9.11. The number of aromatic nitrogens is 1. The Morgan fingerprint density at radius 3 is 2.10 bits per heavy atom. The van der Waals surface area contributed by atoms with E-state index in [1.165, 1.54) is 11.3 Å². The van der Waals surface area contributed by atoms with Crippen molar-refractivity contribution in [3.05, 3.63) is 26.6 Å². The molecule has 2 atom stereocenters. The monoisotopic (exact) mass is 692 g/mol. The van der Waals surface area contributed by atoms with Gasteiger partial charge in [-0.2, -0.15) is 4.90 Å². The van der Waals surface area contributed by atoms with Crippen LogP contribution in [0.15, 0.2) is 15.9 Å². The first kappa shape index (κ1) is 35.9. The number of aryl methyl sites for hydroxylation is 1. The van der Waals surface area contributed by atoms with E-state index in [1.807, 2.05) is 12.3 Å². The number of hydrogen-bond acceptors (Lipinski definition) is 9. The van der Waals surface area contributed by atoms with E-state index in [2.05, 4.69) is 20.9 Å². The van der Waals surface area contributed by atoms with Gasteiger partial charge in [0.25, 0.3) is 0 Å². The minimum Gasteiger partial charge on any atom is -0.460 e. The second-order valence-electron chi connectivity index (χ2n) is 10.7. The van der Waals surface area contributed by atoms with Crippen molar-refractivity contribution in [2.24, 2.45) is 0 Å². The lowest BCUT2D eigenvalue weighted by Gasteiger charge is -2.32. The van der Waals surface area contributed by atoms with Gasteiger partial charge in [-0.25, -0.2) is 19.4 Å². The van der Waals surface area contributed by atoms with E-state index in [1.54, 1.807) is 47.6 Å². The van der Waals surface area contributed by atoms with E-state index in [9.17, 15) is 19.5 Å². The number of ether oxygens (including phenoxy) is 3. The molecule has 0 unspecified atom stereocenters. The first-order valence-corrected chi connectivity index (χ1v) is 14.9. The number of aliphatic hydroxyl groups is 1. The van der Waals surface area contributed by atoms with Crippen LogP contribution in [0.25, 0.3) is 0 Å². The molecule has 222 valence electrons. The van der Waals surface area contributed by atoms with Gasteiger partial charge in [-0.3, -0.25) is 0 Å². The molecule has 0 saturated heterocycles. The molecule has 0 aliphatic heterocycles. The predicted molar refractivity (Wildman–Crippen MR) is 157 cm³/mol. The van der Waals surface area contributed by atoms with Gasteiger partial charge >= 0.3 is 18.2 Å². The zero-order valence-corrected chi connectivity index (χ0v) is 27.7. The summed E-state index contributed by atoms with van der Waals surface area (Å²) in [6.07, 6.45) is -0.0528. The first-order valence-electron chi connectivity index (χ1n) is 12.1. The largest absolute Gasteiger partial charge is 0.460 e. The highest BCUT2D eigenvalue weighted by atomic mass is 79.9. The topological polar surface area (TPSA) is 115 Å². The normalized spacial score (nSPS) is 14.4. The van der Waals surface area contributed by atoms with Crippen molar-refractivity contribution in [2.45, 2.75) is 101 Å². The average molecular weight is 695 g/mol. The summed E-state index contributed by atoms with van der Waals surface area (Å²) in [4.78, 5) is 44.5. The number of amides is 2. The Morgan fingerprint density at radius 2 is 1.64 bits per heavy atom. The number of hydrogen-bond donors (Lipinski definition) is 1. The summed E-state index contributed by atoms with van der Waals surface area (Å²) in [6, 6.07) is -1.42. The summed E-state index contributed by atoms with van der Waals surface area (Å²) in [6.45, 7) is 11.0. The molecule has 39 heavy (non-hydrogen) atoms. The summed E-state index contributed by atoms with van der Waals surface area (Å²) in [5.41, 5.74) is -1.20. The number of thiazole rings is 1. The fraction of sp³-hybridized carbons (Fsp3) is 0.680. The molecule has 9 nitrogen and oxygen atoms in total. The molecule has 1 aromatic rings. The van der Waals surface area contributed by atoms with Crippen LogP contribution in [0, 0.1) is 0 Å². The number of imide groups is 1. The Bertz CT molecular complexity index is 985. The van der Waals surface area contributed by atoms with Gasteiger partial charge < -0.3 is 19.3 Å². The molecule has 0 bridgehead atoms. The second-order valence-corrected chi connectivity index (χ2v) is 15.4. The van der Waals surface area contributed by atoms with Gasteiger partial charge in [-0.1, -0.05) is 50.7 Å². The molecule has 2 amide bonds.